The second-order valence-electron chi connectivity index (χ2n) is 4.67. The number of ether oxygens (including phenoxy) is 1. The number of hydrogen-bond acceptors (Lipinski definition) is 2. The van der Waals surface area contributed by atoms with E-state index in [1.165, 1.54) is 19.2 Å². The predicted molar refractivity (Wildman–Crippen MR) is 57.7 cm³/mol. The smallest absolute Gasteiger partial charge is 0.252 e. The molecule has 1 aromatic rings. The van der Waals surface area contributed by atoms with Crippen LogP contribution in [0.1, 0.15) is 24.0 Å². The van der Waals surface area contributed by atoms with Crippen molar-refractivity contribution in [3.8, 4) is 5.75 Å². The molecule has 0 radical (unpaired) electrons. The van der Waals surface area contributed by atoms with Crippen molar-refractivity contribution in [2.45, 2.75) is 31.2 Å². The molecule has 94 valence electrons. The van der Waals surface area contributed by atoms with E-state index in [1.54, 1.807) is 6.92 Å². The lowest BCUT2D eigenvalue weighted by Gasteiger charge is -2.45. The van der Waals surface area contributed by atoms with Crippen LogP contribution in [0.3, 0.4) is 0 Å². The Bertz CT molecular complexity index is 451. The van der Waals surface area contributed by atoms with Gasteiger partial charge in [0.25, 0.3) is 5.92 Å². The molecule has 0 amide bonds. The maximum absolute atomic E-state index is 13.5. The Morgan fingerprint density at radius 3 is 2.35 bits per heavy atom. The Morgan fingerprint density at radius 1 is 1.29 bits per heavy atom. The molecule has 0 aliphatic heterocycles. The van der Waals surface area contributed by atoms with Crippen molar-refractivity contribution in [3.05, 3.63) is 29.1 Å². The van der Waals surface area contributed by atoms with Crippen LogP contribution in [0.5, 0.6) is 5.75 Å². The Labute approximate surface area is 97.6 Å². The first kappa shape index (κ1) is 12.2. The van der Waals surface area contributed by atoms with Gasteiger partial charge in [0.15, 0.2) is 0 Å². The molecule has 17 heavy (non-hydrogen) atoms. The maximum atomic E-state index is 13.5. The van der Waals surface area contributed by atoms with Gasteiger partial charge in [-0.15, -0.1) is 0 Å². The zero-order valence-electron chi connectivity index (χ0n) is 9.69. The zero-order chi connectivity index (χ0) is 12.8. The summed E-state index contributed by atoms with van der Waals surface area (Å²) in [6.07, 6.45) is -0.947. The van der Waals surface area contributed by atoms with E-state index >= 15 is 0 Å². The molecule has 1 aliphatic rings. The van der Waals surface area contributed by atoms with Crippen LogP contribution in [0.15, 0.2) is 12.1 Å². The number of hydrogen-bond donors (Lipinski definition) is 1. The molecule has 1 saturated carbocycles. The largest absolute Gasteiger partial charge is 0.496 e. The van der Waals surface area contributed by atoms with Gasteiger partial charge in [-0.25, -0.2) is 13.2 Å². The molecule has 5 heteroatoms. The van der Waals surface area contributed by atoms with Crippen molar-refractivity contribution in [1.82, 2.24) is 0 Å². The second kappa shape index (κ2) is 3.63. The van der Waals surface area contributed by atoms with Crippen molar-refractivity contribution < 1.29 is 17.9 Å². The summed E-state index contributed by atoms with van der Waals surface area (Å²) in [7, 11) is 1.41. The van der Waals surface area contributed by atoms with Gasteiger partial charge < -0.3 is 10.5 Å². The second-order valence-corrected chi connectivity index (χ2v) is 4.67. The van der Waals surface area contributed by atoms with E-state index in [-0.39, 0.29) is 0 Å². The lowest BCUT2D eigenvalue weighted by Crippen LogP contribution is -2.55. The molecule has 2 N–H and O–H groups in total. The van der Waals surface area contributed by atoms with Gasteiger partial charge in [-0.05, 0) is 24.6 Å². The average molecular weight is 245 g/mol. The maximum Gasteiger partial charge on any atom is 0.252 e. The zero-order valence-corrected chi connectivity index (χ0v) is 9.69. The van der Waals surface area contributed by atoms with Crippen LogP contribution in [0, 0.1) is 12.7 Å². The van der Waals surface area contributed by atoms with E-state index in [0.717, 1.165) is 0 Å². The van der Waals surface area contributed by atoms with Gasteiger partial charge in [0.1, 0.15) is 11.6 Å². The summed E-state index contributed by atoms with van der Waals surface area (Å²) in [6, 6.07) is 2.68. The third-order valence-electron chi connectivity index (χ3n) is 3.17. The normalized spacial score (nSPS) is 20.8. The molecule has 0 saturated heterocycles. The highest BCUT2D eigenvalue weighted by molar-refractivity contribution is 5.44. The van der Waals surface area contributed by atoms with Gasteiger partial charge in [0, 0.05) is 18.4 Å². The van der Waals surface area contributed by atoms with E-state index in [0.29, 0.717) is 16.9 Å². The SMILES string of the molecule is COc1cc(C)c(F)cc1C1(N)CC(F)(F)C1. The minimum absolute atomic E-state index is 0.314. The number of alkyl halides is 2. The minimum Gasteiger partial charge on any atom is -0.496 e. The van der Waals surface area contributed by atoms with Gasteiger partial charge in [-0.1, -0.05) is 0 Å². The van der Waals surface area contributed by atoms with Gasteiger partial charge in [0.2, 0.25) is 0 Å². The molecule has 0 bridgehead atoms. The number of nitrogens with two attached hydrogens (primary N) is 1. The van der Waals surface area contributed by atoms with Crippen LogP contribution in [-0.4, -0.2) is 13.0 Å². The summed E-state index contributed by atoms with van der Waals surface area (Å²) in [4.78, 5) is 0. The van der Waals surface area contributed by atoms with Crippen LogP contribution >= 0.6 is 0 Å². The quantitative estimate of drug-likeness (QED) is 0.869. The van der Waals surface area contributed by atoms with Crippen molar-refractivity contribution in [1.29, 1.82) is 0 Å². The lowest BCUT2D eigenvalue weighted by atomic mass is 9.69. The fourth-order valence-electron chi connectivity index (χ4n) is 2.27. The molecule has 1 fully saturated rings. The summed E-state index contributed by atoms with van der Waals surface area (Å²) in [5.41, 5.74) is 5.39. The molecule has 0 aromatic heterocycles. The van der Waals surface area contributed by atoms with E-state index in [4.69, 9.17) is 10.5 Å². The molecular formula is C12H14F3NO. The molecule has 2 nitrogen and oxygen atoms in total. The van der Waals surface area contributed by atoms with Crippen LogP contribution < -0.4 is 10.5 Å². The highest BCUT2D eigenvalue weighted by Gasteiger charge is 2.56. The van der Waals surface area contributed by atoms with Crippen LogP contribution in [0.2, 0.25) is 0 Å². The van der Waals surface area contributed by atoms with Gasteiger partial charge in [-0.3, -0.25) is 0 Å². The van der Waals surface area contributed by atoms with Gasteiger partial charge >= 0.3 is 0 Å². The van der Waals surface area contributed by atoms with E-state index in [1.807, 2.05) is 0 Å². The van der Waals surface area contributed by atoms with Crippen LogP contribution in [0.25, 0.3) is 0 Å². The summed E-state index contributed by atoms with van der Waals surface area (Å²) in [6.45, 7) is 1.58. The summed E-state index contributed by atoms with van der Waals surface area (Å²) >= 11 is 0. The van der Waals surface area contributed by atoms with Crippen molar-refractivity contribution in [2.24, 2.45) is 5.73 Å². The van der Waals surface area contributed by atoms with Gasteiger partial charge in [0.05, 0.1) is 12.6 Å². The first-order valence-electron chi connectivity index (χ1n) is 5.29. The average Bonchev–Trinajstić information content (AvgIpc) is 2.18. The number of methoxy groups -OCH3 is 1. The Morgan fingerprint density at radius 2 is 1.88 bits per heavy atom. The lowest BCUT2D eigenvalue weighted by molar-refractivity contribution is -0.125. The number of aryl methyl sites for hydroxylation is 1. The summed E-state index contributed by atoms with van der Waals surface area (Å²) in [5, 5.41) is 0. The third kappa shape index (κ3) is 1.99. The molecule has 0 atom stereocenters. The summed E-state index contributed by atoms with van der Waals surface area (Å²) in [5.74, 6) is -2.86. The fourth-order valence-corrected chi connectivity index (χ4v) is 2.27. The first-order valence-corrected chi connectivity index (χ1v) is 5.29. The topological polar surface area (TPSA) is 35.2 Å². The Balaban J connectivity index is 2.42. The Hall–Kier alpha value is -1.23. The number of rotatable bonds is 2. The van der Waals surface area contributed by atoms with Crippen molar-refractivity contribution >= 4 is 0 Å². The standard InChI is InChI=1S/C12H14F3NO/c1-7-3-10(17-2)8(4-9(7)13)11(16)5-12(14,15)6-11/h3-4H,5-6,16H2,1-2H3. The monoisotopic (exact) mass is 245 g/mol. The first-order chi connectivity index (χ1) is 7.77. The molecule has 2 rings (SSSR count). The van der Waals surface area contributed by atoms with Gasteiger partial charge in [-0.2, -0.15) is 0 Å². The molecule has 1 aliphatic carbocycles. The minimum atomic E-state index is -2.76. The van der Waals surface area contributed by atoms with E-state index in [2.05, 4.69) is 0 Å². The molecule has 0 spiro atoms. The molecule has 0 unspecified atom stereocenters. The van der Waals surface area contributed by atoms with E-state index < -0.39 is 30.1 Å². The van der Waals surface area contributed by atoms with E-state index in [9.17, 15) is 13.2 Å². The Kier molecular flexibility index (Phi) is 2.61. The fraction of sp³-hybridized carbons (Fsp3) is 0.500. The number of halogens is 3. The van der Waals surface area contributed by atoms with Crippen molar-refractivity contribution in [2.75, 3.05) is 7.11 Å². The molecule has 0 heterocycles. The highest BCUT2D eigenvalue weighted by Crippen LogP contribution is 2.52. The van der Waals surface area contributed by atoms with Crippen LogP contribution in [0.4, 0.5) is 13.2 Å². The molecular weight excluding hydrogens is 231 g/mol. The predicted octanol–water partition coefficient (Wildman–Crippen LogP) is 2.73. The van der Waals surface area contributed by atoms with Crippen LogP contribution in [-0.2, 0) is 5.54 Å². The third-order valence-corrected chi connectivity index (χ3v) is 3.17. The number of benzene rings is 1. The molecule has 1 aromatic carbocycles. The van der Waals surface area contributed by atoms with Crippen molar-refractivity contribution in [3.63, 3.8) is 0 Å². The highest BCUT2D eigenvalue weighted by atomic mass is 19.3. The summed E-state index contributed by atoms with van der Waals surface area (Å²) < 4.78 is 44.4.